The summed E-state index contributed by atoms with van der Waals surface area (Å²) in [6.45, 7) is 14.6. The van der Waals surface area contributed by atoms with Crippen molar-refractivity contribution < 1.29 is 4.74 Å². The van der Waals surface area contributed by atoms with Crippen LogP contribution in [0.2, 0.25) is 0 Å². The third-order valence-electron chi connectivity index (χ3n) is 2.83. The number of nitrogens with one attached hydrogen (secondary N) is 1. The maximum atomic E-state index is 5.61. The monoisotopic (exact) mass is 251 g/mol. The van der Waals surface area contributed by atoms with Crippen molar-refractivity contribution in [3.05, 3.63) is 11.8 Å². The summed E-state index contributed by atoms with van der Waals surface area (Å²) in [5.41, 5.74) is 1.07. The fraction of sp³-hybridized carbons (Fsp3) is 0.714. The third kappa shape index (κ3) is 4.51. The number of aryl methyl sites for hydroxylation is 1. The molecular formula is C14H25N3O. The molecule has 0 spiro atoms. The van der Waals surface area contributed by atoms with E-state index in [0.29, 0.717) is 11.8 Å². The highest BCUT2D eigenvalue weighted by atomic mass is 16.5. The van der Waals surface area contributed by atoms with Crippen LogP contribution in [-0.2, 0) is 0 Å². The fourth-order valence-electron chi connectivity index (χ4n) is 1.32. The molecule has 0 aliphatic rings. The van der Waals surface area contributed by atoms with E-state index < -0.39 is 0 Å². The van der Waals surface area contributed by atoms with Crippen LogP contribution < -0.4 is 10.1 Å². The van der Waals surface area contributed by atoms with E-state index in [1.807, 2.05) is 26.8 Å². The predicted molar refractivity (Wildman–Crippen MR) is 75.1 cm³/mol. The van der Waals surface area contributed by atoms with Gasteiger partial charge in [-0.1, -0.05) is 20.8 Å². The molecule has 4 heteroatoms. The smallest absolute Gasteiger partial charge is 0.226 e. The normalized spacial score (nSPS) is 13.6. The first-order valence-corrected chi connectivity index (χ1v) is 6.47. The molecule has 1 heterocycles. The van der Waals surface area contributed by atoms with Crippen molar-refractivity contribution in [3.8, 4) is 5.88 Å². The van der Waals surface area contributed by atoms with E-state index in [9.17, 15) is 0 Å². The van der Waals surface area contributed by atoms with Crippen molar-refractivity contribution in [1.29, 1.82) is 0 Å². The standard InChI is InChI=1S/C14H25N3O/c1-9(2)18-12-8-10(3)15-13(17-12)16-11(4)14(5,6)7/h8-9,11H,1-7H3,(H,15,16,17). The Labute approximate surface area is 110 Å². The molecule has 4 nitrogen and oxygen atoms in total. The number of aromatic nitrogens is 2. The zero-order valence-electron chi connectivity index (χ0n) is 12.5. The summed E-state index contributed by atoms with van der Waals surface area (Å²) >= 11 is 0. The van der Waals surface area contributed by atoms with Crippen LogP contribution in [0.1, 0.15) is 47.2 Å². The molecule has 0 aromatic carbocycles. The number of rotatable bonds is 4. The van der Waals surface area contributed by atoms with Crippen LogP contribution >= 0.6 is 0 Å². The highest BCUT2D eigenvalue weighted by Crippen LogP contribution is 2.22. The van der Waals surface area contributed by atoms with Gasteiger partial charge in [0.1, 0.15) is 0 Å². The average Bonchev–Trinajstić information content (AvgIpc) is 2.13. The summed E-state index contributed by atoms with van der Waals surface area (Å²) in [6.07, 6.45) is 0.118. The number of nitrogens with zero attached hydrogens (tertiary/aromatic N) is 2. The Balaban J connectivity index is 2.86. The summed E-state index contributed by atoms with van der Waals surface area (Å²) < 4.78 is 5.61. The molecule has 0 aliphatic carbocycles. The lowest BCUT2D eigenvalue weighted by atomic mass is 9.88. The maximum Gasteiger partial charge on any atom is 0.226 e. The average molecular weight is 251 g/mol. The van der Waals surface area contributed by atoms with Crippen LogP contribution in [0.4, 0.5) is 5.95 Å². The topological polar surface area (TPSA) is 47.0 Å². The Kier molecular flexibility index (Phi) is 4.54. The van der Waals surface area contributed by atoms with Gasteiger partial charge >= 0.3 is 0 Å². The van der Waals surface area contributed by atoms with E-state index in [0.717, 1.165) is 5.69 Å². The number of ether oxygens (including phenoxy) is 1. The first-order chi connectivity index (χ1) is 8.18. The van der Waals surface area contributed by atoms with Gasteiger partial charge in [0, 0.05) is 17.8 Å². The quantitative estimate of drug-likeness (QED) is 0.890. The van der Waals surface area contributed by atoms with E-state index in [-0.39, 0.29) is 17.6 Å². The second-order valence-corrected chi connectivity index (χ2v) is 6.07. The van der Waals surface area contributed by atoms with Gasteiger partial charge in [-0.25, -0.2) is 4.98 Å². The van der Waals surface area contributed by atoms with Crippen molar-refractivity contribution in [2.75, 3.05) is 5.32 Å². The molecule has 1 N–H and O–H groups in total. The first-order valence-electron chi connectivity index (χ1n) is 6.47. The van der Waals surface area contributed by atoms with E-state index in [4.69, 9.17) is 4.74 Å². The first kappa shape index (κ1) is 14.7. The van der Waals surface area contributed by atoms with Gasteiger partial charge in [-0.3, -0.25) is 0 Å². The van der Waals surface area contributed by atoms with Crippen molar-refractivity contribution in [2.24, 2.45) is 5.41 Å². The van der Waals surface area contributed by atoms with Crippen molar-refractivity contribution >= 4 is 5.95 Å². The SMILES string of the molecule is Cc1cc(OC(C)C)nc(NC(C)C(C)(C)C)n1. The number of hydrogen-bond donors (Lipinski definition) is 1. The van der Waals surface area contributed by atoms with E-state index in [1.165, 1.54) is 0 Å². The zero-order chi connectivity index (χ0) is 13.9. The van der Waals surface area contributed by atoms with Crippen LogP contribution in [0.5, 0.6) is 5.88 Å². The molecule has 0 radical (unpaired) electrons. The predicted octanol–water partition coefficient (Wildman–Crippen LogP) is 3.42. The molecule has 0 bridgehead atoms. The molecule has 1 aromatic heterocycles. The molecular weight excluding hydrogens is 226 g/mol. The molecule has 18 heavy (non-hydrogen) atoms. The summed E-state index contributed by atoms with van der Waals surface area (Å²) in [4.78, 5) is 8.78. The Morgan fingerprint density at radius 3 is 2.28 bits per heavy atom. The van der Waals surface area contributed by atoms with Crippen molar-refractivity contribution in [1.82, 2.24) is 9.97 Å². The fourth-order valence-corrected chi connectivity index (χ4v) is 1.32. The largest absolute Gasteiger partial charge is 0.475 e. The number of anilines is 1. The summed E-state index contributed by atoms with van der Waals surface area (Å²) in [7, 11) is 0. The lowest BCUT2D eigenvalue weighted by Crippen LogP contribution is -2.31. The molecule has 102 valence electrons. The maximum absolute atomic E-state index is 5.61. The van der Waals surface area contributed by atoms with E-state index in [1.54, 1.807) is 0 Å². The van der Waals surface area contributed by atoms with Crippen molar-refractivity contribution in [3.63, 3.8) is 0 Å². The molecule has 1 rings (SSSR count). The van der Waals surface area contributed by atoms with Crippen LogP contribution in [0, 0.1) is 12.3 Å². The van der Waals surface area contributed by atoms with Crippen LogP contribution in [0.15, 0.2) is 6.07 Å². The van der Waals surface area contributed by atoms with Gasteiger partial charge in [0.2, 0.25) is 11.8 Å². The lowest BCUT2D eigenvalue weighted by Gasteiger charge is -2.28. The Bertz CT molecular complexity index is 397. The highest BCUT2D eigenvalue weighted by Gasteiger charge is 2.20. The van der Waals surface area contributed by atoms with Crippen molar-refractivity contribution in [2.45, 2.75) is 60.6 Å². The second kappa shape index (κ2) is 5.55. The Morgan fingerprint density at radius 1 is 1.17 bits per heavy atom. The van der Waals surface area contributed by atoms with Gasteiger partial charge in [-0.05, 0) is 33.1 Å². The third-order valence-corrected chi connectivity index (χ3v) is 2.83. The summed E-state index contributed by atoms with van der Waals surface area (Å²) in [5, 5.41) is 3.33. The summed E-state index contributed by atoms with van der Waals surface area (Å²) in [5.74, 6) is 1.26. The second-order valence-electron chi connectivity index (χ2n) is 6.07. The van der Waals surface area contributed by atoms with Gasteiger partial charge in [-0.15, -0.1) is 0 Å². The van der Waals surface area contributed by atoms with Gasteiger partial charge < -0.3 is 10.1 Å². The molecule has 0 fully saturated rings. The van der Waals surface area contributed by atoms with Crippen LogP contribution in [0.25, 0.3) is 0 Å². The van der Waals surface area contributed by atoms with Gasteiger partial charge in [0.15, 0.2) is 0 Å². The van der Waals surface area contributed by atoms with Gasteiger partial charge in [0.25, 0.3) is 0 Å². The molecule has 0 amide bonds. The highest BCUT2D eigenvalue weighted by molar-refractivity contribution is 5.32. The minimum absolute atomic E-state index is 0.118. The van der Waals surface area contributed by atoms with Crippen LogP contribution in [-0.4, -0.2) is 22.1 Å². The van der Waals surface area contributed by atoms with Gasteiger partial charge in [0.05, 0.1) is 6.10 Å². The minimum atomic E-state index is 0.118. The zero-order valence-corrected chi connectivity index (χ0v) is 12.5. The molecule has 1 aromatic rings. The van der Waals surface area contributed by atoms with Gasteiger partial charge in [-0.2, -0.15) is 4.98 Å². The summed E-state index contributed by atoms with van der Waals surface area (Å²) in [6, 6.07) is 2.14. The van der Waals surface area contributed by atoms with E-state index in [2.05, 4.69) is 43.0 Å². The molecule has 0 saturated carbocycles. The van der Waals surface area contributed by atoms with E-state index >= 15 is 0 Å². The Hall–Kier alpha value is -1.32. The lowest BCUT2D eigenvalue weighted by molar-refractivity contribution is 0.232. The number of hydrogen-bond acceptors (Lipinski definition) is 4. The van der Waals surface area contributed by atoms with Crippen LogP contribution in [0.3, 0.4) is 0 Å². The minimum Gasteiger partial charge on any atom is -0.475 e. The molecule has 1 atom stereocenters. The molecule has 1 unspecified atom stereocenters. The molecule has 0 saturated heterocycles. The Morgan fingerprint density at radius 2 is 1.78 bits per heavy atom. The molecule has 0 aliphatic heterocycles.